The Morgan fingerprint density at radius 1 is 1.38 bits per heavy atom. The predicted octanol–water partition coefficient (Wildman–Crippen LogP) is 0.633. The molecule has 0 fully saturated rings. The van der Waals surface area contributed by atoms with Gasteiger partial charge >= 0.3 is 11.8 Å². The SMILES string of the molecule is C=CCNC(=O)C(=O)Nc1cccc(O)c1. The Bertz CT molecular complexity index is 415. The van der Waals surface area contributed by atoms with Crippen molar-refractivity contribution in [2.75, 3.05) is 11.9 Å². The molecule has 5 heteroatoms. The zero-order valence-electron chi connectivity index (χ0n) is 8.56. The number of nitrogens with one attached hydrogen (secondary N) is 2. The lowest BCUT2D eigenvalue weighted by atomic mass is 10.3. The van der Waals surface area contributed by atoms with Crippen molar-refractivity contribution in [3.05, 3.63) is 36.9 Å². The number of hydrogen-bond acceptors (Lipinski definition) is 3. The number of carbonyl (C=O) groups is 2. The number of hydrogen-bond donors (Lipinski definition) is 3. The highest BCUT2D eigenvalue weighted by molar-refractivity contribution is 6.39. The van der Waals surface area contributed by atoms with Crippen molar-refractivity contribution in [2.45, 2.75) is 0 Å². The average molecular weight is 220 g/mol. The Morgan fingerprint density at radius 2 is 2.12 bits per heavy atom. The molecule has 2 amide bonds. The first-order valence-electron chi connectivity index (χ1n) is 4.62. The molecule has 1 aromatic carbocycles. The van der Waals surface area contributed by atoms with Crippen LogP contribution in [0.3, 0.4) is 0 Å². The summed E-state index contributed by atoms with van der Waals surface area (Å²) < 4.78 is 0. The van der Waals surface area contributed by atoms with Crippen LogP contribution in [0.5, 0.6) is 5.75 Å². The van der Waals surface area contributed by atoms with E-state index in [1.165, 1.54) is 18.2 Å². The van der Waals surface area contributed by atoms with E-state index in [-0.39, 0.29) is 12.3 Å². The summed E-state index contributed by atoms with van der Waals surface area (Å²) in [7, 11) is 0. The van der Waals surface area contributed by atoms with Crippen molar-refractivity contribution in [2.24, 2.45) is 0 Å². The predicted molar refractivity (Wildman–Crippen MR) is 59.9 cm³/mol. The van der Waals surface area contributed by atoms with Crippen LogP contribution < -0.4 is 10.6 Å². The summed E-state index contributed by atoms with van der Waals surface area (Å²) in [6, 6.07) is 5.94. The molecular formula is C11H12N2O3. The number of phenolic OH excluding ortho intramolecular Hbond substituents is 1. The Balaban J connectivity index is 2.57. The van der Waals surface area contributed by atoms with E-state index in [1.807, 2.05) is 0 Å². The maximum atomic E-state index is 11.3. The largest absolute Gasteiger partial charge is 0.508 e. The molecule has 0 aromatic heterocycles. The van der Waals surface area contributed by atoms with E-state index in [2.05, 4.69) is 17.2 Å². The van der Waals surface area contributed by atoms with Crippen LogP contribution in [0.1, 0.15) is 0 Å². The Morgan fingerprint density at radius 3 is 2.75 bits per heavy atom. The lowest BCUT2D eigenvalue weighted by Gasteiger charge is -2.05. The van der Waals surface area contributed by atoms with Gasteiger partial charge in [0.05, 0.1) is 0 Å². The third-order valence-corrected chi connectivity index (χ3v) is 1.72. The molecule has 1 aromatic rings. The van der Waals surface area contributed by atoms with Gasteiger partial charge in [0.2, 0.25) is 0 Å². The lowest BCUT2D eigenvalue weighted by Crippen LogP contribution is -2.35. The second-order valence-corrected chi connectivity index (χ2v) is 3.00. The monoisotopic (exact) mass is 220 g/mol. The van der Waals surface area contributed by atoms with Gasteiger partial charge in [0.15, 0.2) is 0 Å². The van der Waals surface area contributed by atoms with Crippen LogP contribution in [0, 0.1) is 0 Å². The summed E-state index contributed by atoms with van der Waals surface area (Å²) in [5, 5.41) is 13.8. The molecule has 0 bridgehead atoms. The normalized spacial score (nSPS) is 9.25. The lowest BCUT2D eigenvalue weighted by molar-refractivity contribution is -0.136. The Hall–Kier alpha value is -2.30. The Labute approximate surface area is 92.8 Å². The second-order valence-electron chi connectivity index (χ2n) is 3.00. The molecule has 0 aliphatic heterocycles. The molecule has 0 aliphatic rings. The third kappa shape index (κ3) is 3.45. The molecule has 0 atom stereocenters. The number of aromatic hydroxyl groups is 1. The smallest absolute Gasteiger partial charge is 0.313 e. The van der Waals surface area contributed by atoms with Crippen molar-refractivity contribution in [3.8, 4) is 5.75 Å². The van der Waals surface area contributed by atoms with Gasteiger partial charge in [0, 0.05) is 18.3 Å². The highest BCUT2D eigenvalue weighted by Gasteiger charge is 2.12. The van der Waals surface area contributed by atoms with Crippen LogP contribution in [0.25, 0.3) is 0 Å². The molecule has 16 heavy (non-hydrogen) atoms. The van der Waals surface area contributed by atoms with E-state index in [0.29, 0.717) is 5.69 Å². The highest BCUT2D eigenvalue weighted by atomic mass is 16.3. The first-order valence-corrected chi connectivity index (χ1v) is 4.62. The molecule has 0 spiro atoms. The first-order chi connectivity index (χ1) is 7.63. The van der Waals surface area contributed by atoms with Crippen LogP contribution >= 0.6 is 0 Å². The fourth-order valence-electron chi connectivity index (χ4n) is 1.02. The molecule has 1 rings (SSSR count). The molecule has 0 radical (unpaired) electrons. The fraction of sp³-hybridized carbons (Fsp3) is 0.0909. The summed E-state index contributed by atoms with van der Waals surface area (Å²) in [6.45, 7) is 3.64. The molecular weight excluding hydrogens is 208 g/mol. The van der Waals surface area contributed by atoms with E-state index < -0.39 is 11.8 Å². The minimum atomic E-state index is -0.785. The van der Waals surface area contributed by atoms with Gasteiger partial charge in [-0.2, -0.15) is 0 Å². The molecule has 0 aliphatic carbocycles. The van der Waals surface area contributed by atoms with Gasteiger partial charge in [-0.1, -0.05) is 12.1 Å². The minimum Gasteiger partial charge on any atom is -0.508 e. The van der Waals surface area contributed by atoms with Gasteiger partial charge < -0.3 is 15.7 Å². The topological polar surface area (TPSA) is 78.4 Å². The number of rotatable bonds is 3. The number of benzene rings is 1. The molecule has 5 nitrogen and oxygen atoms in total. The van der Waals surface area contributed by atoms with Crippen molar-refractivity contribution < 1.29 is 14.7 Å². The summed E-state index contributed by atoms with van der Waals surface area (Å²) >= 11 is 0. The standard InChI is InChI=1S/C11H12N2O3/c1-2-6-12-10(15)11(16)13-8-4-3-5-9(14)7-8/h2-5,7,14H,1,6H2,(H,12,15)(H,13,16). The van der Waals surface area contributed by atoms with Gasteiger partial charge in [0.1, 0.15) is 5.75 Å². The van der Waals surface area contributed by atoms with Gasteiger partial charge in [-0.15, -0.1) is 6.58 Å². The Kier molecular flexibility index (Phi) is 4.08. The summed E-state index contributed by atoms with van der Waals surface area (Å²) in [5.74, 6) is -1.51. The van der Waals surface area contributed by atoms with Crippen molar-refractivity contribution in [3.63, 3.8) is 0 Å². The average Bonchev–Trinajstić information content (AvgIpc) is 2.25. The molecule has 0 heterocycles. The van der Waals surface area contributed by atoms with Crippen LogP contribution in [-0.2, 0) is 9.59 Å². The third-order valence-electron chi connectivity index (χ3n) is 1.72. The molecule has 0 unspecified atom stereocenters. The van der Waals surface area contributed by atoms with Crippen LogP contribution in [0.4, 0.5) is 5.69 Å². The first kappa shape index (κ1) is 11.8. The van der Waals surface area contributed by atoms with Gasteiger partial charge in [-0.25, -0.2) is 0 Å². The fourth-order valence-corrected chi connectivity index (χ4v) is 1.02. The maximum Gasteiger partial charge on any atom is 0.313 e. The van der Waals surface area contributed by atoms with Crippen molar-refractivity contribution in [1.29, 1.82) is 0 Å². The van der Waals surface area contributed by atoms with Crippen LogP contribution in [0.2, 0.25) is 0 Å². The van der Waals surface area contributed by atoms with Crippen LogP contribution in [0.15, 0.2) is 36.9 Å². The van der Waals surface area contributed by atoms with Crippen LogP contribution in [-0.4, -0.2) is 23.5 Å². The van der Waals surface area contributed by atoms with E-state index in [1.54, 1.807) is 12.1 Å². The minimum absolute atomic E-state index is 0.0179. The van der Waals surface area contributed by atoms with E-state index in [0.717, 1.165) is 0 Å². The zero-order chi connectivity index (χ0) is 12.0. The maximum absolute atomic E-state index is 11.3. The van der Waals surface area contributed by atoms with E-state index in [9.17, 15) is 9.59 Å². The van der Waals surface area contributed by atoms with Gasteiger partial charge in [-0.05, 0) is 12.1 Å². The van der Waals surface area contributed by atoms with Gasteiger partial charge in [0.25, 0.3) is 0 Å². The highest BCUT2D eigenvalue weighted by Crippen LogP contribution is 2.14. The quantitative estimate of drug-likeness (QED) is 0.516. The summed E-state index contributed by atoms with van der Waals surface area (Å²) in [5.41, 5.74) is 0.360. The van der Waals surface area contributed by atoms with E-state index in [4.69, 9.17) is 5.11 Å². The van der Waals surface area contributed by atoms with Gasteiger partial charge in [-0.3, -0.25) is 9.59 Å². The summed E-state index contributed by atoms with van der Waals surface area (Å²) in [6.07, 6.45) is 1.47. The molecule has 3 N–H and O–H groups in total. The number of carbonyl (C=O) groups excluding carboxylic acids is 2. The molecule has 0 saturated carbocycles. The second kappa shape index (κ2) is 5.55. The van der Waals surface area contributed by atoms with Crippen molar-refractivity contribution in [1.82, 2.24) is 5.32 Å². The summed E-state index contributed by atoms with van der Waals surface area (Å²) in [4.78, 5) is 22.4. The molecule has 84 valence electrons. The van der Waals surface area contributed by atoms with E-state index >= 15 is 0 Å². The van der Waals surface area contributed by atoms with Crippen molar-refractivity contribution >= 4 is 17.5 Å². The zero-order valence-corrected chi connectivity index (χ0v) is 8.56. The number of anilines is 1. The number of amides is 2. The number of phenols is 1. The molecule has 0 saturated heterocycles.